The van der Waals surface area contributed by atoms with Crippen LogP contribution in [-0.4, -0.2) is 46.8 Å². The van der Waals surface area contributed by atoms with Crippen molar-refractivity contribution >= 4 is 11.8 Å². The maximum Gasteiger partial charge on any atom is 0.260 e. The number of ether oxygens (including phenoxy) is 2. The molecule has 25 heavy (non-hydrogen) atoms. The number of hydrogen-bond donors (Lipinski definition) is 1. The number of carbonyl (C=O) groups is 2. The van der Waals surface area contributed by atoms with E-state index in [2.05, 4.69) is 5.10 Å². The first kappa shape index (κ1) is 16.8. The number of rotatable bonds is 5. The van der Waals surface area contributed by atoms with Crippen molar-refractivity contribution in [1.29, 1.82) is 0 Å². The molecule has 0 aliphatic carbocycles. The zero-order chi connectivity index (χ0) is 18.0. The molecule has 3 rings (SSSR count). The molecule has 1 unspecified atom stereocenters. The van der Waals surface area contributed by atoms with E-state index >= 15 is 0 Å². The van der Waals surface area contributed by atoms with Crippen molar-refractivity contribution < 1.29 is 19.1 Å². The molecule has 0 saturated heterocycles. The molecule has 2 aromatic rings. The minimum absolute atomic E-state index is 0.151. The molecule has 0 bridgehead atoms. The third-order valence-electron chi connectivity index (χ3n) is 4.15. The maximum atomic E-state index is 12.5. The summed E-state index contributed by atoms with van der Waals surface area (Å²) in [4.78, 5) is 25.8. The highest BCUT2D eigenvalue weighted by Gasteiger charge is 2.34. The van der Waals surface area contributed by atoms with Crippen LogP contribution < -0.4 is 15.2 Å². The number of carbonyl (C=O) groups excluding carboxylic acids is 2. The van der Waals surface area contributed by atoms with Gasteiger partial charge in [-0.25, -0.2) is 0 Å². The number of aromatic nitrogens is 2. The minimum Gasteiger partial charge on any atom is -0.493 e. The first-order chi connectivity index (χ1) is 12.0. The number of para-hydroxylation sites is 2. The first-order valence-electron chi connectivity index (χ1n) is 7.85. The summed E-state index contributed by atoms with van der Waals surface area (Å²) < 4.78 is 12.4. The predicted octanol–water partition coefficient (Wildman–Crippen LogP) is 0.419. The zero-order valence-corrected chi connectivity index (χ0v) is 14.1. The zero-order valence-electron chi connectivity index (χ0n) is 14.1. The van der Waals surface area contributed by atoms with Crippen LogP contribution in [0.4, 0.5) is 0 Å². The Kier molecular flexibility index (Phi) is 4.60. The molecule has 8 heteroatoms. The fraction of sp³-hybridized carbons (Fsp3) is 0.353. The fourth-order valence-corrected chi connectivity index (χ4v) is 2.93. The topological polar surface area (TPSA) is 99.7 Å². The van der Waals surface area contributed by atoms with E-state index < -0.39 is 11.8 Å². The molecular weight excluding hydrogens is 324 g/mol. The van der Waals surface area contributed by atoms with E-state index in [1.807, 2.05) is 6.07 Å². The lowest BCUT2D eigenvalue weighted by Crippen LogP contribution is -2.44. The van der Waals surface area contributed by atoms with E-state index in [9.17, 15) is 9.59 Å². The molecule has 0 fully saturated rings. The first-order valence-corrected chi connectivity index (χ1v) is 7.85. The van der Waals surface area contributed by atoms with Crippen molar-refractivity contribution in [3.05, 3.63) is 41.7 Å². The average molecular weight is 344 g/mol. The van der Waals surface area contributed by atoms with Gasteiger partial charge in [0.05, 0.1) is 18.7 Å². The summed E-state index contributed by atoms with van der Waals surface area (Å²) in [7, 11) is 3.31. The number of nitrogens with two attached hydrogens (primary N) is 1. The van der Waals surface area contributed by atoms with Gasteiger partial charge in [0.1, 0.15) is 0 Å². The van der Waals surface area contributed by atoms with Crippen LogP contribution >= 0.6 is 0 Å². The molecule has 2 heterocycles. The van der Waals surface area contributed by atoms with Crippen LogP contribution in [-0.2, 0) is 23.2 Å². The Balaban J connectivity index is 1.71. The van der Waals surface area contributed by atoms with Gasteiger partial charge in [-0.2, -0.15) is 5.10 Å². The highest BCUT2D eigenvalue weighted by atomic mass is 16.5. The van der Waals surface area contributed by atoms with Gasteiger partial charge in [-0.3, -0.25) is 14.3 Å². The van der Waals surface area contributed by atoms with Gasteiger partial charge in [-0.1, -0.05) is 12.1 Å². The SMILES string of the molecule is COc1ccccc1OCC(=O)N1Cc2cn(C)nc2C(C(N)=O)C1. The van der Waals surface area contributed by atoms with Gasteiger partial charge in [-0.15, -0.1) is 0 Å². The molecule has 132 valence electrons. The summed E-state index contributed by atoms with van der Waals surface area (Å²) in [6, 6.07) is 7.10. The second-order valence-electron chi connectivity index (χ2n) is 5.88. The molecule has 0 spiro atoms. The van der Waals surface area contributed by atoms with E-state index in [0.29, 0.717) is 23.7 Å². The van der Waals surface area contributed by atoms with Crippen LogP contribution in [0, 0.1) is 0 Å². The van der Waals surface area contributed by atoms with Gasteiger partial charge in [0, 0.05) is 31.9 Å². The second kappa shape index (κ2) is 6.84. The molecule has 1 aliphatic rings. The van der Waals surface area contributed by atoms with Crippen LogP contribution in [0.3, 0.4) is 0 Å². The van der Waals surface area contributed by atoms with E-state index in [4.69, 9.17) is 15.2 Å². The number of nitrogens with zero attached hydrogens (tertiary/aromatic N) is 3. The number of primary amides is 1. The number of benzene rings is 1. The van der Waals surface area contributed by atoms with Crippen molar-refractivity contribution in [3.63, 3.8) is 0 Å². The van der Waals surface area contributed by atoms with Crippen molar-refractivity contribution in [2.75, 3.05) is 20.3 Å². The Hall–Kier alpha value is -3.03. The van der Waals surface area contributed by atoms with Crippen LogP contribution in [0.1, 0.15) is 17.2 Å². The lowest BCUT2D eigenvalue weighted by molar-refractivity contribution is -0.135. The summed E-state index contributed by atoms with van der Waals surface area (Å²) >= 11 is 0. The van der Waals surface area contributed by atoms with Crippen LogP contribution in [0.2, 0.25) is 0 Å². The van der Waals surface area contributed by atoms with E-state index in [0.717, 1.165) is 5.56 Å². The molecule has 2 amide bonds. The Morgan fingerprint density at radius 2 is 2.04 bits per heavy atom. The van der Waals surface area contributed by atoms with Crippen molar-refractivity contribution in [2.45, 2.75) is 12.5 Å². The standard InChI is InChI=1S/C17H20N4O4/c1-20-7-11-8-21(9-12(17(18)23)16(11)19-20)15(22)10-25-14-6-4-3-5-13(14)24-2/h3-7,12H,8-10H2,1-2H3,(H2,18,23). The average Bonchev–Trinajstić information content (AvgIpc) is 2.98. The van der Waals surface area contributed by atoms with Gasteiger partial charge in [0.2, 0.25) is 5.91 Å². The van der Waals surface area contributed by atoms with Crippen LogP contribution in [0.15, 0.2) is 30.5 Å². The predicted molar refractivity (Wildman–Crippen MR) is 89.0 cm³/mol. The van der Waals surface area contributed by atoms with Gasteiger partial charge in [0.15, 0.2) is 18.1 Å². The van der Waals surface area contributed by atoms with Gasteiger partial charge < -0.3 is 20.1 Å². The smallest absolute Gasteiger partial charge is 0.260 e. The lowest BCUT2D eigenvalue weighted by Gasteiger charge is -2.30. The summed E-state index contributed by atoms with van der Waals surface area (Å²) in [5.41, 5.74) is 6.95. The van der Waals surface area contributed by atoms with Crippen molar-refractivity contribution in [2.24, 2.45) is 12.8 Å². The number of fused-ring (bicyclic) bond motifs is 1. The van der Waals surface area contributed by atoms with Crippen molar-refractivity contribution in [3.8, 4) is 11.5 Å². The molecule has 1 atom stereocenters. The summed E-state index contributed by atoms with van der Waals surface area (Å²) in [6.07, 6.45) is 1.80. The molecule has 8 nitrogen and oxygen atoms in total. The second-order valence-corrected chi connectivity index (χ2v) is 5.88. The third-order valence-corrected chi connectivity index (χ3v) is 4.15. The molecule has 0 radical (unpaired) electrons. The van der Waals surface area contributed by atoms with Gasteiger partial charge in [-0.05, 0) is 12.1 Å². The quantitative estimate of drug-likeness (QED) is 0.847. The number of methoxy groups -OCH3 is 1. The Morgan fingerprint density at radius 1 is 1.32 bits per heavy atom. The summed E-state index contributed by atoms with van der Waals surface area (Å²) in [5, 5.41) is 4.29. The summed E-state index contributed by atoms with van der Waals surface area (Å²) in [6.45, 7) is 0.427. The molecule has 2 N–H and O–H groups in total. The highest BCUT2D eigenvalue weighted by molar-refractivity contribution is 5.85. The normalized spacial score (nSPS) is 16.2. The minimum atomic E-state index is -0.611. The van der Waals surface area contributed by atoms with Crippen molar-refractivity contribution in [1.82, 2.24) is 14.7 Å². The lowest BCUT2D eigenvalue weighted by atomic mass is 9.96. The third kappa shape index (κ3) is 3.42. The van der Waals surface area contributed by atoms with Gasteiger partial charge >= 0.3 is 0 Å². The highest BCUT2D eigenvalue weighted by Crippen LogP contribution is 2.28. The fourth-order valence-electron chi connectivity index (χ4n) is 2.93. The molecular formula is C17H20N4O4. The maximum absolute atomic E-state index is 12.5. The Labute approximate surface area is 145 Å². The number of amides is 2. The van der Waals surface area contributed by atoms with E-state index in [1.54, 1.807) is 41.0 Å². The van der Waals surface area contributed by atoms with E-state index in [-0.39, 0.29) is 19.1 Å². The Bertz CT molecular complexity index is 802. The van der Waals surface area contributed by atoms with E-state index in [1.165, 1.54) is 7.11 Å². The molecule has 1 aromatic carbocycles. The Morgan fingerprint density at radius 3 is 2.72 bits per heavy atom. The van der Waals surface area contributed by atoms with Crippen LogP contribution in [0.25, 0.3) is 0 Å². The molecule has 1 aliphatic heterocycles. The molecule has 1 aromatic heterocycles. The van der Waals surface area contributed by atoms with Gasteiger partial charge in [0.25, 0.3) is 5.91 Å². The largest absolute Gasteiger partial charge is 0.493 e. The monoisotopic (exact) mass is 344 g/mol. The number of aryl methyl sites for hydroxylation is 1. The molecule has 0 saturated carbocycles. The van der Waals surface area contributed by atoms with Crippen LogP contribution in [0.5, 0.6) is 11.5 Å². The summed E-state index contributed by atoms with van der Waals surface area (Å²) in [5.74, 6) is -0.294. The number of hydrogen-bond acceptors (Lipinski definition) is 5.